The van der Waals surface area contributed by atoms with Crippen LogP contribution in [-0.4, -0.2) is 64.7 Å². The smallest absolute Gasteiger partial charge is 0.337 e. The maximum Gasteiger partial charge on any atom is 0.416 e. The molecule has 1 saturated heterocycles. The van der Waals surface area contributed by atoms with Crippen LogP contribution >= 0.6 is 0 Å². The molecule has 2 aromatic carbocycles. The molecule has 0 spiro atoms. The van der Waals surface area contributed by atoms with E-state index in [1.807, 2.05) is 30.3 Å². The van der Waals surface area contributed by atoms with Crippen LogP contribution < -0.4 is 0 Å². The maximum absolute atomic E-state index is 12.8. The number of benzene rings is 2. The van der Waals surface area contributed by atoms with E-state index in [0.29, 0.717) is 5.69 Å². The monoisotopic (exact) mass is 491 g/mol. The van der Waals surface area contributed by atoms with Gasteiger partial charge in [-0.05, 0) is 42.5 Å². The minimum absolute atomic E-state index is 0.0348. The second-order valence-corrected chi connectivity index (χ2v) is 9.42. The number of rotatable bonds is 5. The Morgan fingerprint density at radius 3 is 2.21 bits per heavy atom. The molecule has 1 amide bonds. The second kappa shape index (κ2) is 9.39. The van der Waals surface area contributed by atoms with E-state index >= 15 is 0 Å². The number of aromatic nitrogens is 3. The largest absolute Gasteiger partial charge is 0.416 e. The van der Waals surface area contributed by atoms with Crippen LogP contribution in [0.4, 0.5) is 13.2 Å². The molecule has 3 aromatic rings. The molecule has 0 saturated carbocycles. The molecular formula is C22H20F3N5O3S. The Hall–Kier alpha value is -3.51. The van der Waals surface area contributed by atoms with Crippen molar-refractivity contribution in [1.29, 1.82) is 0 Å². The van der Waals surface area contributed by atoms with Crippen LogP contribution in [0.1, 0.15) is 11.3 Å². The second-order valence-electron chi connectivity index (χ2n) is 7.48. The van der Waals surface area contributed by atoms with Gasteiger partial charge in [-0.3, -0.25) is 4.79 Å². The molecular weight excluding hydrogens is 471 g/mol. The number of halogens is 3. The number of carbonyl (C=O) groups is 1. The Morgan fingerprint density at radius 1 is 0.941 bits per heavy atom. The van der Waals surface area contributed by atoms with E-state index in [4.69, 9.17) is 0 Å². The van der Waals surface area contributed by atoms with Gasteiger partial charge in [0.15, 0.2) is 0 Å². The predicted molar refractivity (Wildman–Crippen MR) is 117 cm³/mol. The zero-order valence-electron chi connectivity index (χ0n) is 17.8. The number of carbonyl (C=O) groups excluding carboxylic acids is 1. The molecule has 1 aromatic heterocycles. The molecule has 0 atom stereocenters. The van der Waals surface area contributed by atoms with Crippen molar-refractivity contribution in [2.75, 3.05) is 26.2 Å². The first-order valence-corrected chi connectivity index (χ1v) is 11.7. The molecule has 0 bridgehead atoms. The topological polar surface area (TPSA) is 88.4 Å². The Kier molecular flexibility index (Phi) is 6.53. The van der Waals surface area contributed by atoms with Crippen LogP contribution in [0, 0.1) is 0 Å². The zero-order chi connectivity index (χ0) is 24.3. The van der Waals surface area contributed by atoms with Gasteiger partial charge in [-0.2, -0.15) is 27.4 Å². The number of nitrogens with zero attached hydrogens (tertiary/aromatic N) is 5. The molecule has 0 N–H and O–H groups in total. The first kappa shape index (κ1) is 23.6. The van der Waals surface area contributed by atoms with Crippen molar-refractivity contribution in [2.24, 2.45) is 0 Å². The summed E-state index contributed by atoms with van der Waals surface area (Å²) in [6.07, 6.45) is -0.150. The van der Waals surface area contributed by atoms with E-state index in [1.165, 1.54) is 28.0 Å². The summed E-state index contributed by atoms with van der Waals surface area (Å²) in [7, 11) is -3.96. The fourth-order valence-corrected chi connectivity index (χ4v) is 4.84. The fourth-order valence-electron chi connectivity index (χ4n) is 3.41. The third-order valence-corrected chi connectivity index (χ3v) is 7.18. The lowest BCUT2D eigenvalue weighted by Crippen LogP contribution is -2.50. The van der Waals surface area contributed by atoms with Crippen molar-refractivity contribution in [2.45, 2.75) is 11.1 Å². The lowest BCUT2D eigenvalue weighted by molar-refractivity contribution is -0.137. The number of piperazine rings is 1. The standard InChI is InChI=1S/C22H20F3N5O3S/c23-22(24,25)17-6-9-20(10-7-17)34(32,33)29-14-12-28(13-15-29)21(31)11-8-18-16-26-30(27-18)19-4-2-1-3-5-19/h1-11,16H,12-15H2/b11-8+. The van der Waals surface area contributed by atoms with Crippen molar-refractivity contribution < 1.29 is 26.4 Å². The summed E-state index contributed by atoms with van der Waals surface area (Å²) in [5.41, 5.74) is 0.344. The highest BCUT2D eigenvalue weighted by Crippen LogP contribution is 2.30. The minimum atomic E-state index is -4.54. The Morgan fingerprint density at radius 2 is 1.59 bits per heavy atom. The number of sulfonamides is 1. The Balaban J connectivity index is 1.35. The minimum Gasteiger partial charge on any atom is -0.337 e. The Labute approximate surface area is 194 Å². The molecule has 0 aliphatic carbocycles. The Bertz CT molecular complexity index is 1280. The number of para-hydroxylation sites is 1. The van der Waals surface area contributed by atoms with E-state index < -0.39 is 21.8 Å². The molecule has 1 fully saturated rings. The quantitative estimate of drug-likeness (QED) is 0.513. The third kappa shape index (κ3) is 5.18. The van der Waals surface area contributed by atoms with Gasteiger partial charge in [-0.1, -0.05) is 18.2 Å². The molecule has 1 aliphatic rings. The van der Waals surface area contributed by atoms with Crippen LogP contribution in [0.5, 0.6) is 0 Å². The predicted octanol–water partition coefficient (Wildman–Crippen LogP) is 2.83. The molecule has 1 aliphatic heterocycles. The summed E-state index contributed by atoms with van der Waals surface area (Å²) in [4.78, 5) is 15.2. The molecule has 12 heteroatoms. The van der Waals surface area contributed by atoms with Crippen LogP contribution in [0.25, 0.3) is 11.8 Å². The molecule has 2 heterocycles. The average Bonchev–Trinajstić information content (AvgIpc) is 3.32. The van der Waals surface area contributed by atoms with Crippen molar-refractivity contribution in [3.63, 3.8) is 0 Å². The summed E-state index contributed by atoms with van der Waals surface area (Å²) in [6.45, 7) is 0.375. The van der Waals surface area contributed by atoms with E-state index in [0.717, 1.165) is 34.3 Å². The van der Waals surface area contributed by atoms with Gasteiger partial charge >= 0.3 is 6.18 Å². The highest BCUT2D eigenvalue weighted by atomic mass is 32.2. The number of amides is 1. The normalized spacial score (nSPS) is 15.7. The van der Waals surface area contributed by atoms with Gasteiger partial charge < -0.3 is 4.90 Å². The summed E-state index contributed by atoms with van der Waals surface area (Å²) in [5.74, 6) is -0.305. The average molecular weight is 491 g/mol. The van der Waals surface area contributed by atoms with Gasteiger partial charge in [0, 0.05) is 32.3 Å². The van der Waals surface area contributed by atoms with E-state index in [9.17, 15) is 26.4 Å². The molecule has 178 valence electrons. The van der Waals surface area contributed by atoms with E-state index in [1.54, 1.807) is 0 Å². The molecule has 4 rings (SSSR count). The first-order valence-electron chi connectivity index (χ1n) is 10.3. The van der Waals surface area contributed by atoms with Crippen molar-refractivity contribution in [3.8, 4) is 5.69 Å². The van der Waals surface area contributed by atoms with Gasteiger partial charge in [0.25, 0.3) is 0 Å². The highest BCUT2D eigenvalue weighted by molar-refractivity contribution is 7.89. The summed E-state index contributed by atoms with van der Waals surface area (Å²) >= 11 is 0. The van der Waals surface area contributed by atoms with Gasteiger partial charge in [0.05, 0.1) is 22.3 Å². The number of alkyl halides is 3. The third-order valence-electron chi connectivity index (χ3n) is 5.26. The van der Waals surface area contributed by atoms with Crippen molar-refractivity contribution in [1.82, 2.24) is 24.2 Å². The lowest BCUT2D eigenvalue weighted by Gasteiger charge is -2.33. The van der Waals surface area contributed by atoms with Crippen molar-refractivity contribution >= 4 is 22.0 Å². The van der Waals surface area contributed by atoms with E-state index in [-0.39, 0.29) is 37.0 Å². The summed E-state index contributed by atoms with van der Waals surface area (Å²) in [5, 5.41) is 8.44. The first-order chi connectivity index (χ1) is 16.1. The van der Waals surface area contributed by atoms with Crippen LogP contribution in [-0.2, 0) is 21.0 Å². The highest BCUT2D eigenvalue weighted by Gasteiger charge is 2.33. The van der Waals surface area contributed by atoms with Crippen LogP contribution in [0.15, 0.2) is 71.8 Å². The molecule has 0 radical (unpaired) electrons. The zero-order valence-corrected chi connectivity index (χ0v) is 18.6. The van der Waals surface area contributed by atoms with Crippen molar-refractivity contribution in [3.05, 3.63) is 78.1 Å². The molecule has 34 heavy (non-hydrogen) atoms. The fraction of sp³-hybridized carbons (Fsp3) is 0.227. The maximum atomic E-state index is 12.8. The van der Waals surface area contributed by atoms with Crippen LogP contribution in [0.2, 0.25) is 0 Å². The van der Waals surface area contributed by atoms with Gasteiger partial charge in [0.1, 0.15) is 5.69 Å². The van der Waals surface area contributed by atoms with Crippen LogP contribution in [0.3, 0.4) is 0 Å². The molecule has 8 nitrogen and oxygen atoms in total. The lowest BCUT2D eigenvalue weighted by atomic mass is 10.2. The summed E-state index contributed by atoms with van der Waals surface area (Å²) < 4.78 is 64.9. The van der Waals surface area contributed by atoms with Gasteiger partial charge in [0.2, 0.25) is 15.9 Å². The SMILES string of the molecule is O=C(/C=C/c1cnn(-c2ccccc2)n1)N1CCN(S(=O)(=O)c2ccc(C(F)(F)F)cc2)CC1. The molecule has 0 unspecified atom stereocenters. The number of hydrogen-bond donors (Lipinski definition) is 0. The van der Waals surface area contributed by atoms with E-state index in [2.05, 4.69) is 10.2 Å². The van der Waals surface area contributed by atoms with Gasteiger partial charge in [-0.25, -0.2) is 8.42 Å². The van der Waals surface area contributed by atoms with Gasteiger partial charge in [-0.15, -0.1) is 5.10 Å². The summed E-state index contributed by atoms with van der Waals surface area (Å²) in [6, 6.07) is 12.7. The number of hydrogen-bond acceptors (Lipinski definition) is 5.